The van der Waals surface area contributed by atoms with Gasteiger partial charge in [-0.15, -0.1) is 0 Å². The SMILES string of the molecule is [Cu].[Cu].[Cu].c1ccc2c(c1)-c1nc-2nc2[nH]c(nc3nc(nc4[nH]c(n1)c1ccccc41)-c1ccccc1-3)c1ccccc21. The molecule has 0 saturated heterocycles. The Bertz CT molecular complexity index is 2040. The molecule has 0 aliphatic carbocycles. The van der Waals surface area contributed by atoms with Gasteiger partial charge >= 0.3 is 0 Å². The molecule has 4 aromatic carbocycles. The Morgan fingerprint density at radius 2 is 0.535 bits per heavy atom. The van der Waals surface area contributed by atoms with Crippen molar-refractivity contribution in [3.05, 3.63) is 97.1 Å². The number of aromatic nitrogens is 8. The standard InChI is InChI=1S/C32H18N8.3Cu/c1-2-10-18-17(9-1)25-33-26(18)38-28-21-13-5-6-14-22(21)30(35-28)40-32-24-16-8-7-15-23(24)31(36-32)39-29-20-12-4-3-11-19(20)27(34-29)37-25;;;/h1-16H,(H2,33,34,35,36,37,38,39,40);;;. The van der Waals surface area contributed by atoms with Gasteiger partial charge in [0.1, 0.15) is 22.6 Å². The van der Waals surface area contributed by atoms with Crippen LogP contribution in [0.4, 0.5) is 0 Å². The molecular weight excluding hydrogens is 687 g/mol. The first-order valence-corrected chi connectivity index (χ1v) is 13.0. The molecule has 0 atom stereocenters. The van der Waals surface area contributed by atoms with Crippen molar-refractivity contribution in [2.75, 3.05) is 0 Å². The minimum atomic E-state index is 0. The smallest absolute Gasteiger partial charge is 0.164 e. The number of hydrogen-bond donors (Lipinski definition) is 2. The minimum Gasteiger partial charge on any atom is -0.324 e. The second-order valence-corrected chi connectivity index (χ2v) is 9.79. The van der Waals surface area contributed by atoms with Crippen LogP contribution in [-0.2, 0) is 51.2 Å². The van der Waals surface area contributed by atoms with Gasteiger partial charge in [-0.2, -0.15) is 0 Å². The molecule has 3 radical (unpaired) electrons. The molecule has 2 aliphatic rings. The monoisotopic (exact) mass is 703 g/mol. The van der Waals surface area contributed by atoms with Crippen LogP contribution < -0.4 is 0 Å². The predicted molar refractivity (Wildman–Crippen MR) is 156 cm³/mol. The van der Waals surface area contributed by atoms with E-state index in [0.29, 0.717) is 45.9 Å². The topological polar surface area (TPSA) is 109 Å². The third kappa shape index (κ3) is 4.50. The first kappa shape index (κ1) is 28.9. The summed E-state index contributed by atoms with van der Waals surface area (Å²) in [4.78, 5) is 36.8. The summed E-state index contributed by atoms with van der Waals surface area (Å²) in [5.41, 5.74) is 6.45. The number of nitrogens with zero attached hydrogens (tertiary/aromatic N) is 6. The Morgan fingerprint density at radius 3 is 0.791 bits per heavy atom. The van der Waals surface area contributed by atoms with E-state index in [1.165, 1.54) is 0 Å². The first-order valence-electron chi connectivity index (χ1n) is 13.0. The molecule has 0 spiro atoms. The zero-order valence-electron chi connectivity index (χ0n) is 21.8. The van der Waals surface area contributed by atoms with E-state index in [2.05, 4.69) is 9.97 Å². The summed E-state index contributed by atoms with van der Waals surface area (Å²) < 4.78 is 0. The van der Waals surface area contributed by atoms with Crippen LogP contribution in [0.2, 0.25) is 0 Å². The van der Waals surface area contributed by atoms with Gasteiger partial charge in [0.25, 0.3) is 0 Å². The van der Waals surface area contributed by atoms with Crippen molar-refractivity contribution in [3.8, 4) is 45.6 Å². The molecule has 3 aromatic heterocycles. The van der Waals surface area contributed by atoms with Gasteiger partial charge in [0.15, 0.2) is 23.3 Å². The van der Waals surface area contributed by atoms with Gasteiger partial charge in [0, 0.05) is 95.0 Å². The van der Waals surface area contributed by atoms with Crippen LogP contribution in [0.25, 0.3) is 89.7 Å². The Balaban J connectivity index is 0.00000110. The molecule has 2 aliphatic heterocycles. The zero-order chi connectivity index (χ0) is 26.2. The number of benzene rings is 4. The van der Waals surface area contributed by atoms with E-state index in [9.17, 15) is 0 Å². The summed E-state index contributed by atoms with van der Waals surface area (Å²) >= 11 is 0. The number of rotatable bonds is 0. The first-order chi connectivity index (χ1) is 19.8. The maximum atomic E-state index is 5.02. The number of fused-ring (bicyclic) bond motifs is 20. The van der Waals surface area contributed by atoms with Crippen molar-refractivity contribution < 1.29 is 51.2 Å². The normalized spacial score (nSPS) is 11.2. The van der Waals surface area contributed by atoms with Gasteiger partial charge in [-0.1, -0.05) is 97.1 Å². The zero-order valence-corrected chi connectivity index (χ0v) is 24.7. The fourth-order valence-corrected chi connectivity index (χ4v) is 5.59. The second kappa shape index (κ2) is 11.1. The molecule has 219 valence electrons. The van der Waals surface area contributed by atoms with Crippen molar-refractivity contribution in [2.24, 2.45) is 0 Å². The molecule has 0 amide bonds. The van der Waals surface area contributed by atoms with Crippen molar-refractivity contribution in [1.29, 1.82) is 0 Å². The molecule has 2 N–H and O–H groups in total. The number of aromatic amines is 2. The fourth-order valence-electron chi connectivity index (χ4n) is 5.59. The Hall–Kier alpha value is -4.20. The van der Waals surface area contributed by atoms with E-state index in [0.717, 1.165) is 43.8 Å². The van der Waals surface area contributed by atoms with E-state index < -0.39 is 0 Å². The van der Waals surface area contributed by atoms with Gasteiger partial charge in [-0.25, -0.2) is 29.9 Å². The van der Waals surface area contributed by atoms with Crippen LogP contribution in [0.3, 0.4) is 0 Å². The van der Waals surface area contributed by atoms with Crippen molar-refractivity contribution in [1.82, 2.24) is 39.9 Å². The Kier molecular flexibility index (Phi) is 7.48. The third-order valence-corrected chi connectivity index (χ3v) is 7.46. The Morgan fingerprint density at radius 1 is 0.302 bits per heavy atom. The molecule has 0 fully saturated rings. The minimum absolute atomic E-state index is 0. The average Bonchev–Trinajstić information content (AvgIpc) is 3.73. The van der Waals surface area contributed by atoms with E-state index in [4.69, 9.17) is 29.9 Å². The van der Waals surface area contributed by atoms with Crippen molar-refractivity contribution in [3.63, 3.8) is 0 Å². The Labute approximate surface area is 276 Å². The molecule has 43 heavy (non-hydrogen) atoms. The van der Waals surface area contributed by atoms with E-state index in [1.807, 2.05) is 97.1 Å². The third-order valence-electron chi connectivity index (χ3n) is 7.46. The van der Waals surface area contributed by atoms with Crippen LogP contribution in [0.1, 0.15) is 0 Å². The molecule has 9 rings (SSSR count). The van der Waals surface area contributed by atoms with E-state index in [1.54, 1.807) is 0 Å². The molecular formula is C32H18Cu3N8. The fraction of sp³-hybridized carbons (Fsp3) is 0. The summed E-state index contributed by atoms with van der Waals surface area (Å²) in [5.74, 6) is 2.39. The van der Waals surface area contributed by atoms with Crippen molar-refractivity contribution in [2.45, 2.75) is 0 Å². The number of H-pyrrole nitrogens is 2. The molecule has 7 aromatic rings. The van der Waals surface area contributed by atoms with Crippen LogP contribution in [0, 0.1) is 0 Å². The molecule has 11 heteroatoms. The van der Waals surface area contributed by atoms with Crippen LogP contribution in [0.5, 0.6) is 0 Å². The quantitative estimate of drug-likeness (QED) is 0.167. The maximum Gasteiger partial charge on any atom is 0.164 e. The summed E-state index contributed by atoms with van der Waals surface area (Å²) in [5, 5.41) is 3.82. The van der Waals surface area contributed by atoms with Gasteiger partial charge in [0.05, 0.1) is 0 Å². The largest absolute Gasteiger partial charge is 0.324 e. The van der Waals surface area contributed by atoms with Gasteiger partial charge in [0.2, 0.25) is 0 Å². The van der Waals surface area contributed by atoms with Crippen LogP contribution in [-0.4, -0.2) is 39.9 Å². The summed E-state index contributed by atoms with van der Waals surface area (Å²) in [7, 11) is 0. The van der Waals surface area contributed by atoms with Gasteiger partial charge in [-0.05, 0) is 0 Å². The molecule has 8 nitrogen and oxygen atoms in total. The van der Waals surface area contributed by atoms with Gasteiger partial charge < -0.3 is 9.97 Å². The van der Waals surface area contributed by atoms with Gasteiger partial charge in [-0.3, -0.25) is 0 Å². The number of nitrogens with one attached hydrogen (secondary N) is 2. The van der Waals surface area contributed by atoms with Crippen LogP contribution >= 0.6 is 0 Å². The van der Waals surface area contributed by atoms with E-state index in [-0.39, 0.29) is 51.2 Å². The molecule has 8 bridgehead atoms. The average molecular weight is 705 g/mol. The molecule has 0 saturated carbocycles. The van der Waals surface area contributed by atoms with E-state index >= 15 is 0 Å². The van der Waals surface area contributed by atoms with Crippen molar-refractivity contribution >= 4 is 44.1 Å². The van der Waals surface area contributed by atoms with Crippen LogP contribution in [0.15, 0.2) is 97.1 Å². The number of hydrogen-bond acceptors (Lipinski definition) is 6. The maximum absolute atomic E-state index is 5.02. The predicted octanol–water partition coefficient (Wildman–Crippen LogP) is 6.86. The second-order valence-electron chi connectivity index (χ2n) is 9.79. The molecule has 5 heterocycles. The summed E-state index contributed by atoms with van der Waals surface area (Å²) in [6.45, 7) is 0. The summed E-state index contributed by atoms with van der Waals surface area (Å²) in [6, 6.07) is 32.2. The molecule has 0 unspecified atom stereocenters. The summed E-state index contributed by atoms with van der Waals surface area (Å²) in [6.07, 6.45) is 0.